The minimum absolute atomic E-state index is 0.143. The van der Waals surface area contributed by atoms with Gasteiger partial charge in [0.1, 0.15) is 5.82 Å². The number of hydrogen-bond acceptors (Lipinski definition) is 4. The molecule has 0 atom stereocenters. The predicted molar refractivity (Wildman–Crippen MR) is 85.3 cm³/mol. The molecular formula is C16H28N4. The fourth-order valence-corrected chi connectivity index (χ4v) is 2.44. The second-order valence-electron chi connectivity index (χ2n) is 6.88. The lowest BCUT2D eigenvalue weighted by Crippen LogP contribution is -2.45. The molecule has 2 rings (SSSR count). The third kappa shape index (κ3) is 4.18. The highest BCUT2D eigenvalue weighted by molar-refractivity contribution is 5.47. The summed E-state index contributed by atoms with van der Waals surface area (Å²) in [7, 11) is 2.18. The van der Waals surface area contributed by atoms with Crippen LogP contribution in [0.15, 0.2) is 12.3 Å². The van der Waals surface area contributed by atoms with Crippen molar-refractivity contribution in [2.24, 2.45) is 0 Å². The number of likely N-dealkylation sites (N-methyl/N-ethyl adjacent to an activating group) is 1. The zero-order valence-electron chi connectivity index (χ0n) is 13.5. The summed E-state index contributed by atoms with van der Waals surface area (Å²) in [5.41, 5.74) is 2.68. The Morgan fingerprint density at radius 1 is 1.20 bits per heavy atom. The molecule has 4 nitrogen and oxygen atoms in total. The first-order valence-corrected chi connectivity index (χ1v) is 7.49. The van der Waals surface area contributed by atoms with Gasteiger partial charge in [-0.05, 0) is 51.9 Å². The Balaban J connectivity index is 2.02. The van der Waals surface area contributed by atoms with Crippen molar-refractivity contribution in [2.75, 3.05) is 38.1 Å². The normalized spacial score (nSPS) is 17.6. The van der Waals surface area contributed by atoms with E-state index in [2.05, 4.69) is 55.9 Å². The van der Waals surface area contributed by atoms with Crippen molar-refractivity contribution >= 4 is 5.82 Å². The van der Waals surface area contributed by atoms with E-state index in [0.29, 0.717) is 0 Å². The average Bonchev–Trinajstić information content (AvgIpc) is 2.37. The van der Waals surface area contributed by atoms with Gasteiger partial charge in [0.05, 0.1) is 0 Å². The Bertz CT molecular complexity index is 442. The molecule has 0 bridgehead atoms. The van der Waals surface area contributed by atoms with E-state index in [-0.39, 0.29) is 5.54 Å². The Hall–Kier alpha value is -1.13. The molecule has 1 aliphatic rings. The van der Waals surface area contributed by atoms with Gasteiger partial charge in [0.2, 0.25) is 0 Å². The van der Waals surface area contributed by atoms with Gasteiger partial charge in [-0.3, -0.25) is 0 Å². The summed E-state index contributed by atoms with van der Waals surface area (Å²) in [5, 5.41) is 3.51. The molecule has 4 heteroatoms. The van der Waals surface area contributed by atoms with Crippen LogP contribution in [0, 0.1) is 6.92 Å². The topological polar surface area (TPSA) is 31.4 Å². The predicted octanol–water partition coefficient (Wildman–Crippen LogP) is 2.03. The lowest BCUT2D eigenvalue weighted by Gasteiger charge is -2.34. The van der Waals surface area contributed by atoms with Crippen molar-refractivity contribution < 1.29 is 0 Å². The molecule has 20 heavy (non-hydrogen) atoms. The number of nitrogens with one attached hydrogen (secondary N) is 1. The molecule has 0 aromatic carbocycles. The molecule has 112 valence electrons. The quantitative estimate of drug-likeness (QED) is 0.915. The van der Waals surface area contributed by atoms with Gasteiger partial charge in [0.15, 0.2) is 0 Å². The highest BCUT2D eigenvalue weighted by Crippen LogP contribution is 2.19. The van der Waals surface area contributed by atoms with Crippen LogP contribution in [-0.4, -0.2) is 48.6 Å². The molecule has 0 radical (unpaired) electrons. The van der Waals surface area contributed by atoms with Crippen LogP contribution in [0.1, 0.15) is 31.9 Å². The molecule has 0 spiro atoms. The van der Waals surface area contributed by atoms with E-state index in [1.807, 2.05) is 6.20 Å². The maximum Gasteiger partial charge on any atom is 0.131 e. The molecule has 1 saturated heterocycles. The molecule has 1 aromatic rings. The molecule has 0 unspecified atom stereocenters. The molecule has 1 fully saturated rings. The van der Waals surface area contributed by atoms with E-state index in [1.165, 1.54) is 11.1 Å². The standard InChI is InChI=1S/C16H28N4/c1-13-10-14(12-18-16(2,3)4)11-17-15(13)20-8-6-19(5)7-9-20/h10-11,18H,6-9,12H2,1-5H3. The average molecular weight is 276 g/mol. The Morgan fingerprint density at radius 2 is 1.85 bits per heavy atom. The number of rotatable bonds is 3. The summed E-state index contributed by atoms with van der Waals surface area (Å²) in [6.45, 7) is 14.0. The third-order valence-corrected chi connectivity index (χ3v) is 3.73. The van der Waals surface area contributed by atoms with E-state index < -0.39 is 0 Å². The van der Waals surface area contributed by atoms with Gasteiger partial charge in [-0.2, -0.15) is 0 Å². The molecule has 0 aliphatic carbocycles. The van der Waals surface area contributed by atoms with Gasteiger partial charge in [-0.25, -0.2) is 4.98 Å². The van der Waals surface area contributed by atoms with Gasteiger partial charge >= 0.3 is 0 Å². The first kappa shape index (κ1) is 15.3. The number of anilines is 1. The van der Waals surface area contributed by atoms with E-state index >= 15 is 0 Å². The van der Waals surface area contributed by atoms with E-state index in [9.17, 15) is 0 Å². The minimum Gasteiger partial charge on any atom is -0.354 e. The van der Waals surface area contributed by atoms with Crippen LogP contribution >= 0.6 is 0 Å². The van der Waals surface area contributed by atoms with Gasteiger partial charge in [-0.15, -0.1) is 0 Å². The largest absolute Gasteiger partial charge is 0.354 e. The third-order valence-electron chi connectivity index (χ3n) is 3.73. The molecule has 1 aliphatic heterocycles. The second-order valence-corrected chi connectivity index (χ2v) is 6.88. The number of aryl methyl sites for hydroxylation is 1. The van der Waals surface area contributed by atoms with E-state index in [0.717, 1.165) is 38.5 Å². The summed E-state index contributed by atoms with van der Waals surface area (Å²) in [5.74, 6) is 1.15. The summed E-state index contributed by atoms with van der Waals surface area (Å²) in [6.07, 6.45) is 2.01. The second kappa shape index (κ2) is 6.10. The summed E-state index contributed by atoms with van der Waals surface area (Å²) < 4.78 is 0. The maximum atomic E-state index is 4.70. The van der Waals surface area contributed by atoms with Crippen molar-refractivity contribution in [1.29, 1.82) is 0 Å². The molecule has 1 aromatic heterocycles. The van der Waals surface area contributed by atoms with Gasteiger partial charge < -0.3 is 15.1 Å². The first-order valence-electron chi connectivity index (χ1n) is 7.49. The lowest BCUT2D eigenvalue weighted by atomic mass is 10.1. The van der Waals surface area contributed by atoms with Crippen molar-refractivity contribution in [3.8, 4) is 0 Å². The number of hydrogen-bond donors (Lipinski definition) is 1. The van der Waals surface area contributed by atoms with Crippen LogP contribution in [0.5, 0.6) is 0 Å². The Labute approximate surface area is 123 Å². The summed E-state index contributed by atoms with van der Waals surface area (Å²) in [6, 6.07) is 2.26. The molecule has 0 saturated carbocycles. The molecular weight excluding hydrogens is 248 g/mol. The summed E-state index contributed by atoms with van der Waals surface area (Å²) >= 11 is 0. The summed E-state index contributed by atoms with van der Waals surface area (Å²) in [4.78, 5) is 9.46. The zero-order valence-corrected chi connectivity index (χ0v) is 13.5. The molecule has 0 amide bonds. The van der Waals surface area contributed by atoms with Crippen molar-refractivity contribution in [3.63, 3.8) is 0 Å². The van der Waals surface area contributed by atoms with Gasteiger partial charge in [-0.1, -0.05) is 0 Å². The highest BCUT2D eigenvalue weighted by atomic mass is 15.3. The van der Waals surface area contributed by atoms with Crippen LogP contribution in [0.4, 0.5) is 5.82 Å². The van der Waals surface area contributed by atoms with Gasteiger partial charge in [0.25, 0.3) is 0 Å². The fraction of sp³-hybridized carbons (Fsp3) is 0.688. The number of aromatic nitrogens is 1. The number of piperazine rings is 1. The minimum atomic E-state index is 0.143. The van der Waals surface area contributed by atoms with Crippen LogP contribution in [0.25, 0.3) is 0 Å². The van der Waals surface area contributed by atoms with Crippen molar-refractivity contribution in [1.82, 2.24) is 15.2 Å². The van der Waals surface area contributed by atoms with E-state index in [1.54, 1.807) is 0 Å². The molecule has 1 N–H and O–H groups in total. The Morgan fingerprint density at radius 3 is 2.40 bits per heavy atom. The van der Waals surface area contributed by atoms with Crippen molar-refractivity contribution in [3.05, 3.63) is 23.4 Å². The number of pyridine rings is 1. The van der Waals surface area contributed by atoms with E-state index in [4.69, 9.17) is 4.98 Å². The van der Waals surface area contributed by atoms with Crippen molar-refractivity contribution in [2.45, 2.75) is 39.8 Å². The lowest BCUT2D eigenvalue weighted by molar-refractivity contribution is 0.312. The molecule has 2 heterocycles. The SMILES string of the molecule is Cc1cc(CNC(C)(C)C)cnc1N1CCN(C)CC1. The van der Waals surface area contributed by atoms with Crippen LogP contribution in [0.3, 0.4) is 0 Å². The first-order chi connectivity index (χ1) is 9.35. The Kier molecular flexibility index (Phi) is 4.66. The van der Waals surface area contributed by atoms with Gasteiger partial charge in [0, 0.05) is 44.5 Å². The monoisotopic (exact) mass is 276 g/mol. The fourth-order valence-electron chi connectivity index (χ4n) is 2.44. The van der Waals surface area contributed by atoms with Crippen LogP contribution in [0.2, 0.25) is 0 Å². The maximum absolute atomic E-state index is 4.70. The highest BCUT2D eigenvalue weighted by Gasteiger charge is 2.17. The van der Waals surface area contributed by atoms with Crippen LogP contribution < -0.4 is 10.2 Å². The zero-order chi connectivity index (χ0) is 14.8. The number of nitrogens with zero attached hydrogens (tertiary/aromatic N) is 3. The smallest absolute Gasteiger partial charge is 0.131 e. The van der Waals surface area contributed by atoms with Crippen LogP contribution in [-0.2, 0) is 6.54 Å².